The van der Waals surface area contributed by atoms with Crippen molar-refractivity contribution in [1.82, 2.24) is 5.32 Å². The first-order valence-electron chi connectivity index (χ1n) is 6.57. The Bertz CT molecular complexity index is 488. The van der Waals surface area contributed by atoms with Gasteiger partial charge in [-0.3, -0.25) is 4.79 Å². The van der Waals surface area contributed by atoms with Gasteiger partial charge in [0.2, 0.25) is 5.91 Å². The fourth-order valence-corrected chi connectivity index (χ4v) is 2.84. The average Bonchev–Trinajstić information content (AvgIpc) is 2.44. The van der Waals surface area contributed by atoms with Crippen molar-refractivity contribution in [2.24, 2.45) is 5.41 Å². The highest BCUT2D eigenvalue weighted by Gasteiger charge is 2.39. The van der Waals surface area contributed by atoms with Crippen molar-refractivity contribution in [1.29, 1.82) is 0 Å². The zero-order chi connectivity index (χ0) is 14.6. The molecule has 21 heavy (non-hydrogen) atoms. The number of carbonyl (C=O) groups excluding carboxylic acids is 1. The van der Waals surface area contributed by atoms with E-state index in [4.69, 9.17) is 4.74 Å². The number of phenols is 1. The Morgan fingerprint density at radius 3 is 2.76 bits per heavy atom. The lowest BCUT2D eigenvalue weighted by Crippen LogP contribution is -2.47. The molecule has 118 valence electrons. The van der Waals surface area contributed by atoms with Crippen molar-refractivity contribution >= 4 is 39.9 Å². The van der Waals surface area contributed by atoms with Crippen LogP contribution in [0.5, 0.6) is 5.75 Å². The molecule has 1 amide bonds. The number of anilines is 1. The Kier molecular flexibility index (Phi) is 6.93. The van der Waals surface area contributed by atoms with Gasteiger partial charge in [-0.2, -0.15) is 0 Å². The number of ether oxygens (including phenoxy) is 1. The minimum atomic E-state index is -0.533. The fourth-order valence-electron chi connectivity index (χ4n) is 2.48. The Hall–Kier alpha value is -0.820. The number of phenolic OH excluding ortho intramolecular Hbond substituents is 1. The van der Waals surface area contributed by atoms with E-state index in [2.05, 4.69) is 26.6 Å². The number of methoxy groups -OCH3 is 1. The molecule has 1 aromatic carbocycles. The van der Waals surface area contributed by atoms with Crippen molar-refractivity contribution in [2.75, 3.05) is 32.1 Å². The highest BCUT2D eigenvalue weighted by atomic mass is 79.9. The third-order valence-electron chi connectivity index (χ3n) is 3.67. The van der Waals surface area contributed by atoms with Crippen molar-refractivity contribution in [3.8, 4) is 5.75 Å². The summed E-state index contributed by atoms with van der Waals surface area (Å²) < 4.78 is 6.04. The van der Waals surface area contributed by atoms with Crippen LogP contribution >= 0.6 is 28.3 Å². The molecule has 0 aliphatic carbocycles. The monoisotopic (exact) mass is 378 g/mol. The molecule has 0 saturated carbocycles. The Balaban J connectivity index is 0.00000220. The van der Waals surface area contributed by atoms with E-state index >= 15 is 0 Å². The molecule has 0 unspecified atom stereocenters. The highest BCUT2D eigenvalue weighted by Crippen LogP contribution is 2.33. The van der Waals surface area contributed by atoms with E-state index in [1.54, 1.807) is 25.3 Å². The fraction of sp³-hybridized carbons (Fsp3) is 0.500. The SMILES string of the molecule is COCC1(C(=O)Nc2cc(Br)ccc2O)CCNCC1.Cl. The number of rotatable bonds is 4. The first kappa shape index (κ1) is 18.2. The highest BCUT2D eigenvalue weighted by molar-refractivity contribution is 9.10. The smallest absolute Gasteiger partial charge is 0.233 e. The van der Waals surface area contributed by atoms with Crippen LogP contribution < -0.4 is 10.6 Å². The molecule has 0 aromatic heterocycles. The van der Waals surface area contributed by atoms with E-state index in [0.29, 0.717) is 12.3 Å². The molecule has 5 nitrogen and oxygen atoms in total. The van der Waals surface area contributed by atoms with Gasteiger partial charge >= 0.3 is 0 Å². The van der Waals surface area contributed by atoms with Gasteiger partial charge in [-0.15, -0.1) is 12.4 Å². The van der Waals surface area contributed by atoms with E-state index in [9.17, 15) is 9.90 Å². The summed E-state index contributed by atoms with van der Waals surface area (Å²) in [6, 6.07) is 4.96. The summed E-state index contributed by atoms with van der Waals surface area (Å²) in [6.45, 7) is 1.97. The van der Waals surface area contributed by atoms with Crippen LogP contribution in [0.25, 0.3) is 0 Å². The normalized spacial score (nSPS) is 16.9. The van der Waals surface area contributed by atoms with Crippen molar-refractivity contribution in [3.63, 3.8) is 0 Å². The molecule has 2 rings (SSSR count). The zero-order valence-electron chi connectivity index (χ0n) is 11.8. The van der Waals surface area contributed by atoms with Gasteiger partial charge < -0.3 is 20.5 Å². The van der Waals surface area contributed by atoms with Crippen LogP contribution in [0.4, 0.5) is 5.69 Å². The van der Waals surface area contributed by atoms with E-state index in [0.717, 1.165) is 30.4 Å². The van der Waals surface area contributed by atoms with E-state index in [1.165, 1.54) is 0 Å². The molecule has 0 spiro atoms. The maximum Gasteiger partial charge on any atom is 0.233 e. The topological polar surface area (TPSA) is 70.6 Å². The third kappa shape index (κ3) is 4.32. The van der Waals surface area contributed by atoms with Gasteiger partial charge in [0.1, 0.15) is 5.75 Å². The lowest BCUT2D eigenvalue weighted by molar-refractivity contribution is -0.130. The maximum absolute atomic E-state index is 12.6. The second-order valence-electron chi connectivity index (χ2n) is 5.08. The van der Waals surface area contributed by atoms with Gasteiger partial charge in [-0.05, 0) is 44.1 Å². The van der Waals surface area contributed by atoms with Gasteiger partial charge in [0.05, 0.1) is 17.7 Å². The molecular weight excluding hydrogens is 360 g/mol. The summed E-state index contributed by atoms with van der Waals surface area (Å²) in [5, 5.41) is 15.9. The van der Waals surface area contributed by atoms with Gasteiger partial charge in [-0.1, -0.05) is 15.9 Å². The Labute approximate surface area is 139 Å². The largest absolute Gasteiger partial charge is 0.506 e. The van der Waals surface area contributed by atoms with Gasteiger partial charge in [-0.25, -0.2) is 0 Å². The predicted molar refractivity (Wildman–Crippen MR) is 88.1 cm³/mol. The first-order valence-corrected chi connectivity index (χ1v) is 7.36. The number of carbonyl (C=O) groups is 1. The number of benzene rings is 1. The average molecular weight is 380 g/mol. The minimum absolute atomic E-state index is 0. The lowest BCUT2D eigenvalue weighted by Gasteiger charge is -2.35. The van der Waals surface area contributed by atoms with E-state index < -0.39 is 5.41 Å². The van der Waals surface area contributed by atoms with Crippen LogP contribution in [0.2, 0.25) is 0 Å². The van der Waals surface area contributed by atoms with Crippen LogP contribution in [0.15, 0.2) is 22.7 Å². The van der Waals surface area contributed by atoms with Crippen molar-refractivity contribution < 1.29 is 14.6 Å². The first-order chi connectivity index (χ1) is 9.57. The number of halogens is 2. The van der Waals surface area contributed by atoms with E-state index in [1.807, 2.05) is 0 Å². The van der Waals surface area contributed by atoms with E-state index in [-0.39, 0.29) is 24.1 Å². The molecular formula is C14H20BrClN2O3. The second-order valence-corrected chi connectivity index (χ2v) is 5.99. The number of hydrogen-bond acceptors (Lipinski definition) is 4. The van der Waals surface area contributed by atoms with Gasteiger partial charge in [0.25, 0.3) is 0 Å². The van der Waals surface area contributed by atoms with Crippen LogP contribution in [0.3, 0.4) is 0 Å². The number of amides is 1. The Morgan fingerprint density at radius 1 is 1.48 bits per heavy atom. The summed E-state index contributed by atoms with van der Waals surface area (Å²) in [4.78, 5) is 12.6. The Morgan fingerprint density at radius 2 is 2.14 bits per heavy atom. The molecule has 0 atom stereocenters. The number of aromatic hydroxyl groups is 1. The van der Waals surface area contributed by atoms with Crippen LogP contribution in [0, 0.1) is 5.41 Å². The second kappa shape index (κ2) is 7.98. The summed E-state index contributed by atoms with van der Waals surface area (Å²) in [7, 11) is 1.60. The molecule has 1 heterocycles. The standard InChI is InChI=1S/C14H19BrN2O3.ClH/c1-20-9-14(4-6-16-7-5-14)13(19)17-11-8-10(15)2-3-12(11)18;/h2-3,8,16,18H,4-7,9H2,1H3,(H,17,19);1H. The maximum atomic E-state index is 12.6. The molecule has 1 aromatic rings. The quantitative estimate of drug-likeness (QED) is 0.703. The molecule has 1 aliphatic rings. The number of piperidine rings is 1. The summed E-state index contributed by atoms with van der Waals surface area (Å²) in [5.74, 6) is -0.0442. The van der Waals surface area contributed by atoms with Crippen molar-refractivity contribution in [2.45, 2.75) is 12.8 Å². The summed E-state index contributed by atoms with van der Waals surface area (Å²) in [5.41, 5.74) is -0.118. The minimum Gasteiger partial charge on any atom is -0.506 e. The van der Waals surface area contributed by atoms with Gasteiger partial charge in [0, 0.05) is 11.6 Å². The number of nitrogens with one attached hydrogen (secondary N) is 2. The lowest BCUT2D eigenvalue weighted by atomic mass is 9.78. The van der Waals surface area contributed by atoms with Crippen molar-refractivity contribution in [3.05, 3.63) is 22.7 Å². The molecule has 1 aliphatic heterocycles. The molecule has 3 N–H and O–H groups in total. The van der Waals surface area contributed by atoms with Gasteiger partial charge in [0.15, 0.2) is 0 Å². The van der Waals surface area contributed by atoms with Crippen LogP contribution in [0.1, 0.15) is 12.8 Å². The molecule has 1 saturated heterocycles. The predicted octanol–water partition coefficient (Wildman–Crippen LogP) is 2.53. The molecule has 1 fully saturated rings. The molecule has 7 heteroatoms. The van der Waals surface area contributed by atoms with Crippen LogP contribution in [-0.4, -0.2) is 37.8 Å². The third-order valence-corrected chi connectivity index (χ3v) is 4.16. The zero-order valence-corrected chi connectivity index (χ0v) is 14.2. The summed E-state index contributed by atoms with van der Waals surface area (Å²) in [6.07, 6.45) is 1.45. The molecule has 0 bridgehead atoms. The number of hydrogen-bond donors (Lipinski definition) is 3. The van der Waals surface area contributed by atoms with Crippen LogP contribution in [-0.2, 0) is 9.53 Å². The summed E-state index contributed by atoms with van der Waals surface area (Å²) >= 11 is 3.33. The molecule has 0 radical (unpaired) electrons.